The van der Waals surface area contributed by atoms with Crippen LogP contribution in [0.4, 0.5) is 5.82 Å². The minimum Gasteiger partial charge on any atom is -0.378 e. The Bertz CT molecular complexity index is 419. The Balaban J connectivity index is 1.85. The molecule has 2 rings (SSSR count). The van der Waals surface area contributed by atoms with Crippen molar-refractivity contribution in [1.82, 2.24) is 10.3 Å². The maximum Gasteiger partial charge on any atom is 0.252 e. The highest BCUT2D eigenvalue weighted by Gasteiger charge is 2.24. The Kier molecular flexibility index (Phi) is 4.74. The number of nitrogens with zero attached hydrogens (tertiary/aromatic N) is 1. The van der Waals surface area contributed by atoms with Crippen LogP contribution in [0, 0.1) is 5.92 Å². The number of rotatable bonds is 5. The number of carbonyl (C=O) groups excluding carboxylic acids is 1. The summed E-state index contributed by atoms with van der Waals surface area (Å²) in [7, 11) is 0. The average Bonchev–Trinajstić information content (AvgIpc) is 2.83. The molecule has 2 heterocycles. The molecule has 1 amide bonds. The molecule has 2 N–H and O–H groups in total. The highest BCUT2D eigenvalue weighted by atomic mass is 16.5. The van der Waals surface area contributed by atoms with Crippen molar-refractivity contribution in [3.8, 4) is 0 Å². The van der Waals surface area contributed by atoms with Crippen LogP contribution < -0.4 is 10.6 Å². The van der Waals surface area contributed by atoms with E-state index in [-0.39, 0.29) is 12.0 Å². The van der Waals surface area contributed by atoms with Gasteiger partial charge in [0, 0.05) is 31.8 Å². The molecule has 5 nitrogen and oxygen atoms in total. The van der Waals surface area contributed by atoms with Crippen LogP contribution in [0.5, 0.6) is 0 Å². The van der Waals surface area contributed by atoms with Crippen molar-refractivity contribution in [2.24, 2.45) is 5.92 Å². The van der Waals surface area contributed by atoms with Gasteiger partial charge in [0.2, 0.25) is 0 Å². The van der Waals surface area contributed by atoms with Gasteiger partial charge < -0.3 is 15.4 Å². The molecule has 2 unspecified atom stereocenters. The SMILES string of the molecule is CCNc1ccc(C(=O)NCC2CCOC2C)cn1. The third-order valence-corrected chi connectivity index (χ3v) is 3.44. The predicted octanol–water partition coefficient (Wildman–Crippen LogP) is 1.67. The molecule has 19 heavy (non-hydrogen) atoms. The average molecular weight is 263 g/mol. The number of hydrogen-bond acceptors (Lipinski definition) is 4. The monoisotopic (exact) mass is 263 g/mol. The number of amides is 1. The fraction of sp³-hybridized carbons (Fsp3) is 0.571. The van der Waals surface area contributed by atoms with Gasteiger partial charge in [0.25, 0.3) is 5.91 Å². The fourth-order valence-electron chi connectivity index (χ4n) is 2.18. The summed E-state index contributed by atoms with van der Waals surface area (Å²) >= 11 is 0. The van der Waals surface area contributed by atoms with Gasteiger partial charge in [0.1, 0.15) is 5.82 Å². The normalized spacial score (nSPS) is 22.2. The molecule has 0 saturated carbocycles. The van der Waals surface area contributed by atoms with Gasteiger partial charge in [-0.2, -0.15) is 0 Å². The number of ether oxygens (including phenoxy) is 1. The van der Waals surface area contributed by atoms with Crippen LogP contribution in [0.3, 0.4) is 0 Å². The first-order valence-corrected chi connectivity index (χ1v) is 6.80. The van der Waals surface area contributed by atoms with Crippen molar-refractivity contribution in [1.29, 1.82) is 0 Å². The van der Waals surface area contributed by atoms with Crippen molar-refractivity contribution >= 4 is 11.7 Å². The molecule has 1 aliphatic rings. The molecule has 0 radical (unpaired) electrons. The van der Waals surface area contributed by atoms with E-state index in [0.29, 0.717) is 18.0 Å². The molecule has 2 atom stereocenters. The van der Waals surface area contributed by atoms with Crippen LogP contribution in [0.2, 0.25) is 0 Å². The van der Waals surface area contributed by atoms with Crippen molar-refractivity contribution in [3.63, 3.8) is 0 Å². The lowest BCUT2D eigenvalue weighted by Crippen LogP contribution is -2.32. The Morgan fingerprint density at radius 3 is 2.95 bits per heavy atom. The number of nitrogens with one attached hydrogen (secondary N) is 2. The van der Waals surface area contributed by atoms with E-state index in [1.807, 2.05) is 13.0 Å². The molecule has 104 valence electrons. The van der Waals surface area contributed by atoms with Crippen molar-refractivity contribution in [2.45, 2.75) is 26.4 Å². The van der Waals surface area contributed by atoms with E-state index in [4.69, 9.17) is 4.74 Å². The topological polar surface area (TPSA) is 63.2 Å². The molecule has 0 aliphatic carbocycles. The third-order valence-electron chi connectivity index (χ3n) is 3.44. The molecule has 1 fully saturated rings. The molecular weight excluding hydrogens is 242 g/mol. The highest BCUT2D eigenvalue weighted by Crippen LogP contribution is 2.19. The molecule has 0 aromatic carbocycles. The lowest BCUT2D eigenvalue weighted by atomic mass is 10.0. The summed E-state index contributed by atoms with van der Waals surface area (Å²) in [6.45, 7) is 6.33. The Hall–Kier alpha value is -1.62. The van der Waals surface area contributed by atoms with Crippen molar-refractivity contribution in [3.05, 3.63) is 23.9 Å². The highest BCUT2D eigenvalue weighted by molar-refractivity contribution is 5.94. The summed E-state index contributed by atoms with van der Waals surface area (Å²) in [6.07, 6.45) is 2.84. The van der Waals surface area contributed by atoms with Crippen LogP contribution in [0.1, 0.15) is 30.6 Å². The van der Waals surface area contributed by atoms with Gasteiger partial charge in [0.05, 0.1) is 11.7 Å². The van der Waals surface area contributed by atoms with Crippen molar-refractivity contribution in [2.75, 3.05) is 25.0 Å². The smallest absolute Gasteiger partial charge is 0.252 e. The molecule has 1 saturated heterocycles. The van der Waals surface area contributed by atoms with Gasteiger partial charge in [-0.3, -0.25) is 4.79 Å². The second-order valence-electron chi connectivity index (χ2n) is 4.80. The predicted molar refractivity (Wildman–Crippen MR) is 74.3 cm³/mol. The van der Waals surface area contributed by atoms with Gasteiger partial charge >= 0.3 is 0 Å². The molecule has 0 spiro atoms. The molecule has 1 aromatic rings. The summed E-state index contributed by atoms with van der Waals surface area (Å²) in [5, 5.41) is 6.04. The van der Waals surface area contributed by atoms with Crippen LogP contribution in [-0.2, 0) is 4.74 Å². The number of aromatic nitrogens is 1. The Labute approximate surface area is 113 Å². The lowest BCUT2D eigenvalue weighted by molar-refractivity contribution is 0.0907. The van der Waals surface area contributed by atoms with Crippen LogP contribution in [0.15, 0.2) is 18.3 Å². The van der Waals surface area contributed by atoms with Gasteiger partial charge in [0.15, 0.2) is 0 Å². The van der Waals surface area contributed by atoms with Gasteiger partial charge in [-0.1, -0.05) is 0 Å². The molecule has 1 aromatic heterocycles. The van der Waals surface area contributed by atoms with E-state index < -0.39 is 0 Å². The number of hydrogen-bond donors (Lipinski definition) is 2. The van der Waals surface area contributed by atoms with Gasteiger partial charge in [-0.25, -0.2) is 4.98 Å². The maximum absolute atomic E-state index is 12.0. The molecule has 0 bridgehead atoms. The maximum atomic E-state index is 12.0. The minimum absolute atomic E-state index is 0.0744. The second kappa shape index (κ2) is 6.52. The minimum atomic E-state index is -0.0744. The van der Waals surface area contributed by atoms with E-state index in [0.717, 1.165) is 25.4 Å². The largest absolute Gasteiger partial charge is 0.378 e. The summed E-state index contributed by atoms with van der Waals surface area (Å²) in [4.78, 5) is 16.2. The van der Waals surface area contributed by atoms with Crippen LogP contribution >= 0.6 is 0 Å². The van der Waals surface area contributed by atoms with Crippen molar-refractivity contribution < 1.29 is 9.53 Å². The molecular formula is C14H21N3O2. The third kappa shape index (κ3) is 3.67. The van der Waals surface area contributed by atoms with E-state index in [9.17, 15) is 4.79 Å². The fourth-order valence-corrected chi connectivity index (χ4v) is 2.18. The zero-order chi connectivity index (χ0) is 13.7. The van der Waals surface area contributed by atoms with E-state index in [1.54, 1.807) is 12.3 Å². The summed E-state index contributed by atoms with van der Waals surface area (Å²) in [5.41, 5.74) is 0.591. The van der Waals surface area contributed by atoms with E-state index in [1.165, 1.54) is 0 Å². The Morgan fingerprint density at radius 1 is 1.53 bits per heavy atom. The van der Waals surface area contributed by atoms with E-state index >= 15 is 0 Å². The number of carbonyl (C=O) groups is 1. The second-order valence-corrected chi connectivity index (χ2v) is 4.80. The lowest BCUT2D eigenvalue weighted by Gasteiger charge is -2.14. The number of anilines is 1. The Morgan fingerprint density at radius 2 is 2.37 bits per heavy atom. The first-order valence-electron chi connectivity index (χ1n) is 6.80. The molecule has 1 aliphatic heterocycles. The summed E-state index contributed by atoms with van der Waals surface area (Å²) < 4.78 is 5.47. The zero-order valence-corrected chi connectivity index (χ0v) is 11.5. The van der Waals surface area contributed by atoms with Gasteiger partial charge in [-0.15, -0.1) is 0 Å². The summed E-state index contributed by atoms with van der Waals surface area (Å²) in [5.74, 6) is 1.13. The van der Waals surface area contributed by atoms with Crippen LogP contribution in [0.25, 0.3) is 0 Å². The molecule has 5 heteroatoms. The number of pyridine rings is 1. The quantitative estimate of drug-likeness (QED) is 0.848. The zero-order valence-electron chi connectivity index (χ0n) is 11.5. The first kappa shape index (κ1) is 13.8. The summed E-state index contributed by atoms with van der Waals surface area (Å²) in [6, 6.07) is 3.61. The van der Waals surface area contributed by atoms with E-state index in [2.05, 4.69) is 22.5 Å². The first-order chi connectivity index (χ1) is 9.20. The standard InChI is InChI=1S/C14H21N3O2/c1-3-15-13-5-4-12(9-16-13)14(18)17-8-11-6-7-19-10(11)2/h4-5,9-11H,3,6-8H2,1-2H3,(H,15,16)(H,17,18). The van der Waals surface area contributed by atoms with Crippen LogP contribution in [-0.4, -0.2) is 36.7 Å². The van der Waals surface area contributed by atoms with Gasteiger partial charge in [-0.05, 0) is 32.4 Å².